The van der Waals surface area contributed by atoms with Crippen LogP contribution in [0.4, 0.5) is 23.4 Å². The Balaban J connectivity index is 2.17. The SMILES string of the molecule is Fc1nc(NCc2cnccc2C(F)(F)F)ccc1Br. The van der Waals surface area contributed by atoms with Crippen molar-refractivity contribution in [1.29, 1.82) is 0 Å². The Hall–Kier alpha value is -1.70. The van der Waals surface area contributed by atoms with Crippen LogP contribution in [-0.4, -0.2) is 9.97 Å². The lowest BCUT2D eigenvalue weighted by Gasteiger charge is -2.13. The van der Waals surface area contributed by atoms with Crippen molar-refractivity contribution >= 4 is 21.7 Å². The van der Waals surface area contributed by atoms with Gasteiger partial charge in [-0.1, -0.05) is 0 Å². The molecule has 2 aromatic heterocycles. The van der Waals surface area contributed by atoms with Gasteiger partial charge >= 0.3 is 6.18 Å². The third kappa shape index (κ3) is 3.44. The average molecular weight is 350 g/mol. The zero-order valence-corrected chi connectivity index (χ0v) is 11.5. The molecular formula is C12H8BrF4N3. The first-order chi connectivity index (χ1) is 9.38. The maximum atomic E-state index is 13.2. The van der Waals surface area contributed by atoms with E-state index in [0.717, 1.165) is 18.5 Å². The summed E-state index contributed by atoms with van der Waals surface area (Å²) in [4.78, 5) is 7.21. The first-order valence-electron chi connectivity index (χ1n) is 5.44. The number of hydrogen-bond acceptors (Lipinski definition) is 3. The van der Waals surface area contributed by atoms with Gasteiger partial charge < -0.3 is 5.32 Å². The average Bonchev–Trinajstić information content (AvgIpc) is 2.39. The highest BCUT2D eigenvalue weighted by molar-refractivity contribution is 9.10. The molecule has 2 rings (SSSR count). The number of anilines is 1. The molecule has 0 atom stereocenters. The quantitative estimate of drug-likeness (QED) is 0.672. The maximum Gasteiger partial charge on any atom is 0.416 e. The summed E-state index contributed by atoms with van der Waals surface area (Å²) in [6.07, 6.45) is -2.27. The first kappa shape index (κ1) is 14.7. The van der Waals surface area contributed by atoms with E-state index in [-0.39, 0.29) is 22.4 Å². The summed E-state index contributed by atoms with van der Waals surface area (Å²) in [5.41, 5.74) is -0.817. The van der Waals surface area contributed by atoms with Crippen molar-refractivity contribution in [2.75, 3.05) is 5.32 Å². The highest BCUT2D eigenvalue weighted by atomic mass is 79.9. The molecular weight excluding hydrogens is 342 g/mol. The molecule has 0 amide bonds. The molecule has 0 aliphatic carbocycles. The summed E-state index contributed by atoms with van der Waals surface area (Å²) in [6.45, 7) is -0.156. The van der Waals surface area contributed by atoms with Crippen LogP contribution in [-0.2, 0) is 12.7 Å². The van der Waals surface area contributed by atoms with E-state index in [1.165, 1.54) is 12.1 Å². The predicted octanol–water partition coefficient (Wildman–Crippen LogP) is 4.01. The van der Waals surface area contributed by atoms with E-state index < -0.39 is 17.7 Å². The van der Waals surface area contributed by atoms with Crippen molar-refractivity contribution in [3.8, 4) is 0 Å². The van der Waals surface area contributed by atoms with Gasteiger partial charge in [0.15, 0.2) is 0 Å². The Morgan fingerprint density at radius 1 is 1.20 bits per heavy atom. The molecule has 20 heavy (non-hydrogen) atoms. The molecule has 0 saturated carbocycles. The van der Waals surface area contributed by atoms with Gasteiger partial charge in [0.05, 0.1) is 10.0 Å². The molecule has 8 heteroatoms. The zero-order chi connectivity index (χ0) is 14.8. The number of rotatable bonds is 3. The van der Waals surface area contributed by atoms with Crippen molar-refractivity contribution in [3.05, 3.63) is 52.1 Å². The van der Waals surface area contributed by atoms with Gasteiger partial charge in [-0.25, -0.2) is 4.98 Å². The summed E-state index contributed by atoms with van der Waals surface area (Å²) in [5.74, 6) is -0.597. The molecule has 1 N–H and O–H groups in total. The number of hydrogen-bond donors (Lipinski definition) is 1. The van der Waals surface area contributed by atoms with Gasteiger partial charge in [-0.15, -0.1) is 0 Å². The Bertz CT molecular complexity index is 616. The fourth-order valence-corrected chi connectivity index (χ4v) is 1.77. The van der Waals surface area contributed by atoms with Crippen molar-refractivity contribution in [2.24, 2.45) is 0 Å². The van der Waals surface area contributed by atoms with Crippen LogP contribution in [0.2, 0.25) is 0 Å². The van der Waals surface area contributed by atoms with Crippen molar-refractivity contribution in [1.82, 2.24) is 9.97 Å². The lowest BCUT2D eigenvalue weighted by atomic mass is 10.1. The van der Waals surface area contributed by atoms with Crippen LogP contribution in [0.3, 0.4) is 0 Å². The smallest absolute Gasteiger partial charge is 0.366 e. The van der Waals surface area contributed by atoms with Crippen LogP contribution in [0.15, 0.2) is 35.1 Å². The predicted molar refractivity (Wildman–Crippen MR) is 68.5 cm³/mol. The Morgan fingerprint density at radius 2 is 1.95 bits per heavy atom. The summed E-state index contributed by atoms with van der Waals surface area (Å²) in [7, 11) is 0. The molecule has 2 heterocycles. The van der Waals surface area contributed by atoms with E-state index in [4.69, 9.17) is 0 Å². The van der Waals surface area contributed by atoms with Crippen LogP contribution in [0, 0.1) is 5.95 Å². The third-order valence-electron chi connectivity index (χ3n) is 2.47. The second-order valence-corrected chi connectivity index (χ2v) is 4.71. The highest BCUT2D eigenvalue weighted by Crippen LogP contribution is 2.31. The van der Waals surface area contributed by atoms with Crippen LogP contribution in [0.5, 0.6) is 0 Å². The van der Waals surface area contributed by atoms with Gasteiger partial charge in [-0.3, -0.25) is 4.98 Å². The second-order valence-electron chi connectivity index (χ2n) is 3.85. The second kappa shape index (κ2) is 5.74. The van der Waals surface area contributed by atoms with Crippen LogP contribution >= 0.6 is 15.9 Å². The Labute approximate surface area is 120 Å². The third-order valence-corrected chi connectivity index (χ3v) is 3.06. The maximum absolute atomic E-state index is 13.2. The van der Waals surface area contributed by atoms with Gasteiger partial charge in [0, 0.05) is 24.5 Å². The molecule has 0 bridgehead atoms. The molecule has 106 valence electrons. The molecule has 0 aliphatic heterocycles. The van der Waals surface area contributed by atoms with E-state index in [1.54, 1.807) is 0 Å². The standard InChI is InChI=1S/C12H8BrF4N3/c13-9-1-2-10(20-11(9)14)19-6-7-5-18-4-3-8(7)12(15,16)17/h1-5H,6H2,(H,19,20). The van der Waals surface area contributed by atoms with Gasteiger partial charge in [0.1, 0.15) is 5.82 Å². The number of aromatic nitrogens is 2. The minimum Gasteiger partial charge on any atom is -0.366 e. The summed E-state index contributed by atoms with van der Waals surface area (Å²) < 4.78 is 51.6. The number of halogens is 5. The number of nitrogens with zero attached hydrogens (tertiary/aromatic N) is 2. The summed E-state index contributed by atoms with van der Waals surface area (Å²) in [5, 5.41) is 2.63. The number of alkyl halides is 3. The van der Waals surface area contributed by atoms with Crippen LogP contribution in [0.25, 0.3) is 0 Å². The molecule has 0 radical (unpaired) electrons. The molecule has 0 aliphatic rings. The molecule has 0 spiro atoms. The van der Waals surface area contributed by atoms with Crippen molar-refractivity contribution in [2.45, 2.75) is 12.7 Å². The van der Waals surface area contributed by atoms with Crippen molar-refractivity contribution in [3.63, 3.8) is 0 Å². The first-order valence-corrected chi connectivity index (χ1v) is 6.23. The van der Waals surface area contributed by atoms with Gasteiger partial charge in [0.25, 0.3) is 0 Å². The van der Waals surface area contributed by atoms with Crippen LogP contribution in [0.1, 0.15) is 11.1 Å². The van der Waals surface area contributed by atoms with Gasteiger partial charge in [-0.05, 0) is 34.1 Å². The minimum atomic E-state index is -4.46. The largest absolute Gasteiger partial charge is 0.416 e. The molecule has 0 aromatic carbocycles. The lowest BCUT2D eigenvalue weighted by molar-refractivity contribution is -0.138. The van der Waals surface area contributed by atoms with E-state index in [0.29, 0.717) is 0 Å². The van der Waals surface area contributed by atoms with Gasteiger partial charge in [0.2, 0.25) is 5.95 Å². The monoisotopic (exact) mass is 349 g/mol. The summed E-state index contributed by atoms with van der Waals surface area (Å²) in [6, 6.07) is 3.77. The minimum absolute atomic E-state index is 0.0369. The van der Waals surface area contributed by atoms with Crippen LogP contribution < -0.4 is 5.32 Å². The Kier molecular flexibility index (Phi) is 4.22. The fourth-order valence-electron chi connectivity index (χ4n) is 1.55. The van der Waals surface area contributed by atoms with E-state index in [9.17, 15) is 17.6 Å². The Morgan fingerprint density at radius 3 is 2.60 bits per heavy atom. The van der Waals surface area contributed by atoms with Gasteiger partial charge in [-0.2, -0.15) is 17.6 Å². The fraction of sp³-hybridized carbons (Fsp3) is 0.167. The molecule has 2 aromatic rings. The van der Waals surface area contributed by atoms with E-state index in [2.05, 4.69) is 31.2 Å². The topological polar surface area (TPSA) is 37.8 Å². The van der Waals surface area contributed by atoms with E-state index in [1.807, 2.05) is 0 Å². The number of pyridine rings is 2. The highest BCUT2D eigenvalue weighted by Gasteiger charge is 2.33. The number of nitrogens with one attached hydrogen (secondary N) is 1. The van der Waals surface area contributed by atoms with Crippen molar-refractivity contribution < 1.29 is 17.6 Å². The normalized spacial score (nSPS) is 11.4. The molecule has 0 fully saturated rings. The molecule has 3 nitrogen and oxygen atoms in total. The molecule has 0 unspecified atom stereocenters. The zero-order valence-electron chi connectivity index (χ0n) is 9.88. The lowest BCUT2D eigenvalue weighted by Crippen LogP contribution is -2.12. The summed E-state index contributed by atoms with van der Waals surface area (Å²) >= 11 is 2.94. The molecule has 0 saturated heterocycles. The van der Waals surface area contributed by atoms with E-state index >= 15 is 0 Å².